The van der Waals surface area contributed by atoms with Crippen molar-refractivity contribution < 1.29 is 19.4 Å². The van der Waals surface area contributed by atoms with Crippen LogP contribution >= 0.6 is 0 Å². The van der Waals surface area contributed by atoms with Gasteiger partial charge in [0.05, 0.1) is 13.7 Å². The normalized spacial score (nSPS) is 16.7. The molecule has 152 valence electrons. The summed E-state index contributed by atoms with van der Waals surface area (Å²) in [7, 11) is 3.45. The Labute approximate surface area is 162 Å². The van der Waals surface area contributed by atoms with E-state index in [4.69, 9.17) is 9.47 Å². The second-order valence-electron chi connectivity index (χ2n) is 6.96. The van der Waals surface area contributed by atoms with Gasteiger partial charge in [0, 0.05) is 33.2 Å². The van der Waals surface area contributed by atoms with Crippen LogP contribution in [0.1, 0.15) is 19.4 Å². The Kier molecular flexibility index (Phi) is 8.34. The molecule has 7 nitrogen and oxygen atoms in total. The summed E-state index contributed by atoms with van der Waals surface area (Å²) >= 11 is 0. The third-order valence-corrected chi connectivity index (χ3v) is 4.97. The quantitative estimate of drug-likeness (QED) is 0.656. The van der Waals surface area contributed by atoms with Crippen molar-refractivity contribution in [3.63, 3.8) is 0 Å². The lowest BCUT2D eigenvalue weighted by Gasteiger charge is -2.32. The molecular weight excluding hydrogens is 346 g/mol. The van der Waals surface area contributed by atoms with Crippen LogP contribution in [0.2, 0.25) is 0 Å². The van der Waals surface area contributed by atoms with Crippen molar-refractivity contribution in [1.29, 1.82) is 0 Å². The molecule has 1 heterocycles. The summed E-state index contributed by atoms with van der Waals surface area (Å²) in [5.41, 5.74) is 1.07. The van der Waals surface area contributed by atoms with E-state index in [0.717, 1.165) is 31.7 Å². The number of methoxy groups -OCH3 is 1. The summed E-state index contributed by atoms with van der Waals surface area (Å²) in [6.07, 6.45) is -0.550. The predicted octanol–water partition coefficient (Wildman–Crippen LogP) is 1.05. The maximum Gasteiger partial charge on any atom is 0.236 e. The third kappa shape index (κ3) is 6.37. The van der Waals surface area contributed by atoms with Crippen LogP contribution in [0.4, 0.5) is 0 Å². The van der Waals surface area contributed by atoms with Gasteiger partial charge in [0.1, 0.15) is 12.7 Å². The van der Waals surface area contributed by atoms with Crippen LogP contribution in [-0.2, 0) is 11.3 Å². The fourth-order valence-electron chi connectivity index (χ4n) is 3.15. The molecule has 0 aliphatic carbocycles. The first-order valence-corrected chi connectivity index (χ1v) is 9.63. The molecule has 0 bridgehead atoms. The number of carbonyl (C=O) groups excluding carboxylic acids is 1. The molecular formula is C20H33N3O4. The highest BCUT2D eigenvalue weighted by atomic mass is 16.5. The molecule has 0 spiro atoms. The smallest absolute Gasteiger partial charge is 0.236 e. The predicted molar refractivity (Wildman–Crippen MR) is 105 cm³/mol. The molecule has 7 heteroatoms. The van der Waals surface area contributed by atoms with Gasteiger partial charge >= 0.3 is 0 Å². The van der Waals surface area contributed by atoms with Crippen LogP contribution < -0.4 is 9.47 Å². The minimum absolute atomic E-state index is 0.148. The van der Waals surface area contributed by atoms with Crippen molar-refractivity contribution in [3.05, 3.63) is 23.8 Å². The van der Waals surface area contributed by atoms with E-state index in [9.17, 15) is 9.90 Å². The van der Waals surface area contributed by atoms with Gasteiger partial charge in [-0.25, -0.2) is 0 Å². The number of nitrogens with zero attached hydrogens (tertiary/aromatic N) is 3. The van der Waals surface area contributed by atoms with Crippen LogP contribution in [0.3, 0.4) is 0 Å². The SMILES string of the molecule is CCN(CC)CC(O)COc1ccc(CN2CCN(C)C(=O)C2)cc1OC. The zero-order valence-electron chi connectivity index (χ0n) is 17.0. The largest absolute Gasteiger partial charge is 0.493 e. The summed E-state index contributed by atoms with van der Waals surface area (Å²) in [4.78, 5) is 17.9. The zero-order valence-corrected chi connectivity index (χ0v) is 17.0. The summed E-state index contributed by atoms with van der Waals surface area (Å²) in [6.45, 7) is 9.52. The second kappa shape index (κ2) is 10.5. The lowest BCUT2D eigenvalue weighted by Crippen LogP contribution is -2.47. The van der Waals surface area contributed by atoms with Gasteiger partial charge in [-0.2, -0.15) is 0 Å². The molecule has 1 aromatic carbocycles. The Balaban J connectivity index is 1.92. The highest BCUT2D eigenvalue weighted by molar-refractivity contribution is 5.78. The van der Waals surface area contributed by atoms with Crippen LogP contribution in [0.25, 0.3) is 0 Å². The maximum absolute atomic E-state index is 11.9. The molecule has 1 fully saturated rings. The van der Waals surface area contributed by atoms with Gasteiger partial charge in [-0.05, 0) is 30.8 Å². The van der Waals surface area contributed by atoms with Gasteiger partial charge in [-0.15, -0.1) is 0 Å². The average molecular weight is 380 g/mol. The summed E-state index contributed by atoms with van der Waals surface area (Å²) < 4.78 is 11.2. The molecule has 0 saturated carbocycles. The van der Waals surface area contributed by atoms with Gasteiger partial charge in [-0.1, -0.05) is 19.9 Å². The van der Waals surface area contributed by atoms with Crippen LogP contribution in [0.15, 0.2) is 18.2 Å². The van der Waals surface area contributed by atoms with Crippen molar-refractivity contribution in [2.24, 2.45) is 0 Å². The fraction of sp³-hybridized carbons (Fsp3) is 0.650. The number of aliphatic hydroxyl groups excluding tert-OH is 1. The topological polar surface area (TPSA) is 65.5 Å². The first-order chi connectivity index (χ1) is 13.0. The Morgan fingerprint density at radius 1 is 1.22 bits per heavy atom. The summed E-state index contributed by atoms with van der Waals surface area (Å²) in [5.74, 6) is 1.41. The number of amides is 1. The number of hydrogen-bond donors (Lipinski definition) is 1. The van der Waals surface area contributed by atoms with Crippen molar-refractivity contribution in [3.8, 4) is 11.5 Å². The monoisotopic (exact) mass is 379 g/mol. The molecule has 1 unspecified atom stereocenters. The molecule has 0 aromatic heterocycles. The number of ether oxygens (including phenoxy) is 2. The Morgan fingerprint density at radius 3 is 2.59 bits per heavy atom. The van der Waals surface area contributed by atoms with Crippen molar-refractivity contribution in [1.82, 2.24) is 14.7 Å². The highest BCUT2D eigenvalue weighted by Gasteiger charge is 2.21. The minimum Gasteiger partial charge on any atom is -0.493 e. The molecule has 1 N–H and O–H groups in total. The average Bonchev–Trinajstić information content (AvgIpc) is 2.67. The van der Waals surface area contributed by atoms with Crippen LogP contribution in [0, 0.1) is 0 Å². The molecule has 1 amide bonds. The number of benzene rings is 1. The van der Waals surface area contributed by atoms with Gasteiger partial charge in [0.15, 0.2) is 11.5 Å². The lowest BCUT2D eigenvalue weighted by molar-refractivity contribution is -0.134. The van der Waals surface area contributed by atoms with E-state index in [1.165, 1.54) is 0 Å². The van der Waals surface area contributed by atoms with E-state index in [0.29, 0.717) is 31.1 Å². The van der Waals surface area contributed by atoms with E-state index in [1.54, 1.807) is 12.0 Å². The zero-order chi connectivity index (χ0) is 19.8. The second-order valence-corrected chi connectivity index (χ2v) is 6.96. The Hall–Kier alpha value is -1.83. The number of piperazine rings is 1. The third-order valence-electron chi connectivity index (χ3n) is 4.97. The molecule has 0 radical (unpaired) electrons. The minimum atomic E-state index is -0.550. The molecule has 1 aromatic rings. The van der Waals surface area contributed by atoms with Crippen LogP contribution in [-0.4, -0.2) is 91.9 Å². The molecule has 1 aliphatic rings. The van der Waals surface area contributed by atoms with E-state index in [1.807, 2.05) is 25.2 Å². The summed E-state index contributed by atoms with van der Waals surface area (Å²) in [5, 5.41) is 10.2. The first-order valence-electron chi connectivity index (χ1n) is 9.63. The van der Waals surface area contributed by atoms with Crippen LogP contribution in [0.5, 0.6) is 11.5 Å². The lowest BCUT2D eigenvalue weighted by atomic mass is 10.1. The van der Waals surface area contributed by atoms with E-state index >= 15 is 0 Å². The van der Waals surface area contributed by atoms with E-state index in [-0.39, 0.29) is 12.5 Å². The highest BCUT2D eigenvalue weighted by Crippen LogP contribution is 2.29. The molecule has 1 atom stereocenters. The molecule has 27 heavy (non-hydrogen) atoms. The number of likely N-dealkylation sites (N-methyl/N-ethyl adjacent to an activating group) is 2. The van der Waals surface area contributed by atoms with Crippen molar-refractivity contribution in [2.45, 2.75) is 26.5 Å². The molecule has 1 saturated heterocycles. The van der Waals surface area contributed by atoms with Gasteiger partial charge in [0.25, 0.3) is 0 Å². The number of rotatable bonds is 10. The van der Waals surface area contributed by atoms with Crippen molar-refractivity contribution in [2.75, 3.05) is 60.0 Å². The van der Waals surface area contributed by atoms with E-state index < -0.39 is 6.10 Å². The van der Waals surface area contributed by atoms with Gasteiger partial charge < -0.3 is 24.4 Å². The Bertz CT molecular complexity index is 607. The van der Waals surface area contributed by atoms with Crippen molar-refractivity contribution >= 4 is 5.91 Å². The molecule has 1 aliphatic heterocycles. The number of carbonyl (C=O) groups is 1. The Morgan fingerprint density at radius 2 is 1.96 bits per heavy atom. The first kappa shape index (κ1) is 21.5. The van der Waals surface area contributed by atoms with Gasteiger partial charge in [0.2, 0.25) is 5.91 Å². The fourth-order valence-corrected chi connectivity index (χ4v) is 3.15. The van der Waals surface area contributed by atoms with E-state index in [2.05, 4.69) is 23.6 Å². The molecule has 2 rings (SSSR count). The van der Waals surface area contributed by atoms with Gasteiger partial charge in [-0.3, -0.25) is 9.69 Å². The maximum atomic E-state index is 11.9. The standard InChI is InChI=1S/C20H33N3O4/c1-5-22(6-2)13-17(24)15-27-18-8-7-16(11-19(18)26-4)12-23-10-9-21(3)20(25)14-23/h7-8,11,17,24H,5-6,9-10,12-15H2,1-4H3. The number of hydrogen-bond acceptors (Lipinski definition) is 6. The number of aliphatic hydroxyl groups is 1. The summed E-state index contributed by atoms with van der Waals surface area (Å²) in [6, 6.07) is 5.79.